The van der Waals surface area contributed by atoms with Crippen molar-refractivity contribution >= 4 is 44.1 Å². The van der Waals surface area contributed by atoms with Gasteiger partial charge in [0.1, 0.15) is 6.04 Å². The molecule has 0 fully saturated rings. The smallest absolute Gasteiger partial charge is 0.242 e. The summed E-state index contributed by atoms with van der Waals surface area (Å²) in [6, 6.07) is 14.2. The Morgan fingerprint density at radius 3 is 2.54 bits per heavy atom. The molecule has 0 aliphatic rings. The van der Waals surface area contributed by atoms with Gasteiger partial charge in [-0.15, -0.1) is 0 Å². The van der Waals surface area contributed by atoms with E-state index in [0.717, 1.165) is 10.9 Å². The molecule has 0 spiro atoms. The van der Waals surface area contributed by atoms with Crippen LogP contribution in [0.4, 0.5) is 5.69 Å². The number of halogens is 1. The monoisotopic (exact) mass is 417 g/mol. The molecule has 1 atom stereocenters. The van der Waals surface area contributed by atoms with Gasteiger partial charge in [-0.25, -0.2) is 8.42 Å². The highest BCUT2D eigenvalue weighted by atomic mass is 35.5. The number of aromatic nitrogens is 1. The molecule has 146 valence electrons. The molecule has 0 aliphatic heterocycles. The summed E-state index contributed by atoms with van der Waals surface area (Å²) in [5, 5.41) is 3.92. The highest BCUT2D eigenvalue weighted by Crippen LogP contribution is 2.19. The minimum Gasteiger partial charge on any atom is -0.323 e. The number of benzene rings is 2. The van der Waals surface area contributed by atoms with Crippen molar-refractivity contribution in [1.29, 1.82) is 0 Å². The van der Waals surface area contributed by atoms with Crippen LogP contribution in [0, 0.1) is 5.92 Å². The number of carbonyl (C=O) groups excluding carboxylic acids is 1. The molecule has 0 bridgehead atoms. The zero-order valence-electron chi connectivity index (χ0n) is 15.4. The van der Waals surface area contributed by atoms with Gasteiger partial charge >= 0.3 is 0 Å². The first-order chi connectivity index (χ1) is 13.3. The van der Waals surface area contributed by atoms with Crippen LogP contribution in [0.5, 0.6) is 0 Å². The second-order valence-corrected chi connectivity index (χ2v) is 8.86. The molecule has 1 aromatic heterocycles. The van der Waals surface area contributed by atoms with Crippen molar-refractivity contribution in [3.05, 3.63) is 65.8 Å². The molecule has 3 rings (SSSR count). The van der Waals surface area contributed by atoms with Crippen LogP contribution in [0.3, 0.4) is 0 Å². The predicted octanol–water partition coefficient (Wildman–Crippen LogP) is 3.83. The number of pyridine rings is 1. The van der Waals surface area contributed by atoms with Gasteiger partial charge < -0.3 is 5.32 Å². The van der Waals surface area contributed by atoms with Crippen LogP contribution in [0.15, 0.2) is 65.7 Å². The van der Waals surface area contributed by atoms with Gasteiger partial charge in [-0.2, -0.15) is 4.72 Å². The van der Waals surface area contributed by atoms with Crippen LogP contribution >= 0.6 is 11.6 Å². The Morgan fingerprint density at radius 1 is 1.07 bits per heavy atom. The predicted molar refractivity (Wildman–Crippen MR) is 111 cm³/mol. The molecule has 2 N–H and O–H groups in total. The number of rotatable bonds is 6. The Kier molecular flexibility index (Phi) is 5.98. The number of carbonyl (C=O) groups is 1. The summed E-state index contributed by atoms with van der Waals surface area (Å²) in [5.41, 5.74) is 1.30. The molecule has 0 radical (unpaired) electrons. The van der Waals surface area contributed by atoms with Crippen LogP contribution < -0.4 is 10.0 Å². The first-order valence-electron chi connectivity index (χ1n) is 8.70. The molecule has 0 saturated carbocycles. The Bertz CT molecular complexity index is 1120. The van der Waals surface area contributed by atoms with E-state index in [9.17, 15) is 13.2 Å². The fraction of sp³-hybridized carbons (Fsp3) is 0.200. The maximum absolute atomic E-state index is 12.8. The van der Waals surface area contributed by atoms with E-state index in [1.165, 1.54) is 12.1 Å². The van der Waals surface area contributed by atoms with E-state index in [-0.39, 0.29) is 10.8 Å². The zero-order chi connectivity index (χ0) is 20.3. The van der Waals surface area contributed by atoms with Gasteiger partial charge in [-0.3, -0.25) is 9.78 Å². The molecule has 2 aromatic carbocycles. The Morgan fingerprint density at radius 2 is 1.82 bits per heavy atom. The van der Waals surface area contributed by atoms with Crippen molar-refractivity contribution in [3.8, 4) is 0 Å². The van der Waals surface area contributed by atoms with Crippen LogP contribution in [0.2, 0.25) is 5.02 Å². The van der Waals surface area contributed by atoms with Crippen LogP contribution in [0.25, 0.3) is 10.9 Å². The molecule has 8 heteroatoms. The minimum atomic E-state index is -3.91. The number of sulfonamides is 1. The van der Waals surface area contributed by atoms with Gasteiger partial charge in [0.15, 0.2) is 0 Å². The summed E-state index contributed by atoms with van der Waals surface area (Å²) in [5.74, 6) is -0.736. The van der Waals surface area contributed by atoms with E-state index in [0.29, 0.717) is 10.7 Å². The Balaban J connectivity index is 1.81. The van der Waals surface area contributed by atoms with E-state index in [1.807, 2.05) is 24.3 Å². The Hall–Kier alpha value is -2.48. The van der Waals surface area contributed by atoms with Gasteiger partial charge in [-0.1, -0.05) is 49.7 Å². The van der Waals surface area contributed by atoms with Gasteiger partial charge in [0, 0.05) is 10.4 Å². The highest BCUT2D eigenvalue weighted by molar-refractivity contribution is 7.89. The van der Waals surface area contributed by atoms with Gasteiger partial charge in [0.05, 0.1) is 22.3 Å². The third-order valence-electron chi connectivity index (χ3n) is 4.20. The van der Waals surface area contributed by atoms with E-state index >= 15 is 0 Å². The molecule has 0 aliphatic carbocycles. The summed E-state index contributed by atoms with van der Waals surface area (Å²) >= 11 is 5.89. The second-order valence-electron chi connectivity index (χ2n) is 6.71. The average Bonchev–Trinajstić information content (AvgIpc) is 2.66. The molecule has 1 heterocycles. The van der Waals surface area contributed by atoms with Gasteiger partial charge in [0.2, 0.25) is 15.9 Å². The maximum atomic E-state index is 12.8. The van der Waals surface area contributed by atoms with Crippen molar-refractivity contribution < 1.29 is 13.2 Å². The van der Waals surface area contributed by atoms with Crippen LogP contribution in [0.1, 0.15) is 13.8 Å². The standard InChI is InChI=1S/C20H20ClN3O3S/c1-13(2)19(24-28(26,27)17-8-5-7-15(21)11-17)20(25)23-16-10-14-6-3-4-9-18(14)22-12-16/h3-13,19,24H,1-2H3,(H,23,25)/t19-/m0/s1. The summed E-state index contributed by atoms with van der Waals surface area (Å²) in [4.78, 5) is 17.1. The van der Waals surface area contributed by atoms with E-state index in [1.54, 1.807) is 38.2 Å². The molecule has 6 nitrogen and oxygen atoms in total. The molecule has 3 aromatic rings. The zero-order valence-corrected chi connectivity index (χ0v) is 17.0. The number of anilines is 1. The van der Waals surface area contributed by atoms with E-state index in [4.69, 9.17) is 11.6 Å². The summed E-state index contributed by atoms with van der Waals surface area (Å²) in [7, 11) is -3.91. The molecular weight excluding hydrogens is 398 g/mol. The minimum absolute atomic E-state index is 0.00539. The molecule has 0 saturated heterocycles. The number of amides is 1. The van der Waals surface area contributed by atoms with Gasteiger partial charge in [0.25, 0.3) is 0 Å². The lowest BCUT2D eigenvalue weighted by molar-refractivity contribution is -0.118. The van der Waals surface area contributed by atoms with Crippen molar-refractivity contribution in [2.24, 2.45) is 5.92 Å². The van der Waals surface area contributed by atoms with Crippen LogP contribution in [-0.2, 0) is 14.8 Å². The number of fused-ring (bicyclic) bond motifs is 1. The van der Waals surface area contributed by atoms with Gasteiger partial charge in [-0.05, 0) is 36.2 Å². The summed E-state index contributed by atoms with van der Waals surface area (Å²) in [6.07, 6.45) is 1.54. The highest BCUT2D eigenvalue weighted by Gasteiger charge is 2.28. The van der Waals surface area contributed by atoms with Crippen molar-refractivity contribution in [1.82, 2.24) is 9.71 Å². The average molecular weight is 418 g/mol. The Labute approximate surface area is 169 Å². The lowest BCUT2D eigenvalue weighted by Gasteiger charge is -2.21. The third kappa shape index (κ3) is 4.67. The lowest BCUT2D eigenvalue weighted by atomic mass is 10.0. The lowest BCUT2D eigenvalue weighted by Crippen LogP contribution is -2.47. The molecule has 0 unspecified atom stereocenters. The van der Waals surface area contributed by atoms with Crippen molar-refractivity contribution in [2.45, 2.75) is 24.8 Å². The molecule has 28 heavy (non-hydrogen) atoms. The van der Waals surface area contributed by atoms with Crippen LogP contribution in [-0.4, -0.2) is 25.4 Å². The number of nitrogens with zero attached hydrogens (tertiary/aromatic N) is 1. The normalized spacial score (nSPS) is 12.9. The number of para-hydroxylation sites is 1. The van der Waals surface area contributed by atoms with Crippen molar-refractivity contribution in [2.75, 3.05) is 5.32 Å². The van der Waals surface area contributed by atoms with E-state index in [2.05, 4.69) is 15.0 Å². The van der Waals surface area contributed by atoms with E-state index < -0.39 is 22.0 Å². The largest absolute Gasteiger partial charge is 0.323 e. The van der Waals surface area contributed by atoms with Crippen molar-refractivity contribution in [3.63, 3.8) is 0 Å². The summed E-state index contributed by atoms with van der Waals surface area (Å²) in [6.45, 7) is 3.53. The number of hydrogen-bond donors (Lipinski definition) is 2. The first kappa shape index (κ1) is 20.3. The summed E-state index contributed by atoms with van der Waals surface area (Å²) < 4.78 is 27.8. The maximum Gasteiger partial charge on any atom is 0.242 e. The quantitative estimate of drug-likeness (QED) is 0.638. The molecular formula is C20H20ClN3O3S. The fourth-order valence-corrected chi connectivity index (χ4v) is 4.37. The fourth-order valence-electron chi connectivity index (χ4n) is 2.72. The topological polar surface area (TPSA) is 88.2 Å². The third-order valence-corrected chi connectivity index (χ3v) is 5.87. The second kappa shape index (κ2) is 8.26. The number of hydrogen-bond acceptors (Lipinski definition) is 4. The first-order valence-corrected chi connectivity index (χ1v) is 10.6. The number of nitrogens with one attached hydrogen (secondary N) is 2. The molecule has 1 amide bonds. The SMILES string of the molecule is CC(C)[C@H](NS(=O)(=O)c1cccc(Cl)c1)C(=O)Nc1cnc2ccccc2c1.